The molecule has 0 aliphatic carbocycles. The van der Waals surface area contributed by atoms with Crippen molar-refractivity contribution in [2.45, 2.75) is 4.90 Å². The highest BCUT2D eigenvalue weighted by Gasteiger charge is 2.24. The molecule has 0 saturated carbocycles. The third kappa shape index (κ3) is 2.90. The Morgan fingerprint density at radius 2 is 1.85 bits per heavy atom. The molecule has 0 aliphatic rings. The van der Waals surface area contributed by atoms with Crippen molar-refractivity contribution in [1.29, 1.82) is 0 Å². The maximum atomic E-state index is 13.4. The molecule has 0 spiro atoms. The van der Waals surface area contributed by atoms with Gasteiger partial charge in [0.1, 0.15) is 0 Å². The molecule has 10 heteroatoms. The zero-order chi connectivity index (χ0) is 19.2. The molecular weight excluding hydrogens is 393 g/mol. The first-order chi connectivity index (χ1) is 12.9. The van der Waals surface area contributed by atoms with Crippen LogP contribution >= 0.6 is 11.6 Å². The van der Waals surface area contributed by atoms with Gasteiger partial charge in [0.25, 0.3) is 10.0 Å². The number of fused-ring (bicyclic) bond motifs is 1. The van der Waals surface area contributed by atoms with Gasteiger partial charge in [-0.15, -0.1) is 0 Å². The Morgan fingerprint density at radius 1 is 1.11 bits per heavy atom. The molecule has 0 amide bonds. The quantitative estimate of drug-likeness (QED) is 0.563. The highest BCUT2D eigenvalue weighted by atomic mass is 35.5. The molecule has 0 saturated heterocycles. The summed E-state index contributed by atoms with van der Waals surface area (Å²) in [5, 5.41) is 0.696. The molecule has 4 rings (SSSR count). The van der Waals surface area contributed by atoms with E-state index in [1.807, 2.05) is 0 Å². The van der Waals surface area contributed by atoms with Crippen LogP contribution in [0.15, 0.2) is 59.9 Å². The van der Waals surface area contributed by atoms with Crippen LogP contribution in [0.5, 0.6) is 0 Å². The summed E-state index contributed by atoms with van der Waals surface area (Å²) in [5.74, 6) is -1.05. The van der Waals surface area contributed by atoms with E-state index >= 15 is 0 Å². The summed E-state index contributed by atoms with van der Waals surface area (Å²) < 4.78 is 40.6. The zero-order valence-corrected chi connectivity index (χ0v) is 15.1. The topological polar surface area (TPSA) is 104 Å². The summed E-state index contributed by atoms with van der Waals surface area (Å²) in [5.41, 5.74) is 5.98. The molecule has 0 atom stereocenters. The van der Waals surface area contributed by atoms with E-state index in [9.17, 15) is 12.8 Å². The molecule has 136 valence electrons. The lowest BCUT2D eigenvalue weighted by Crippen LogP contribution is -2.12. The van der Waals surface area contributed by atoms with Gasteiger partial charge in [-0.1, -0.05) is 29.8 Å². The standard InChI is InChI=1S/C17H11ClFN5O2S/c18-10-6-12-13(16-21-8-14(19)15(20)23-16)9-24(17(12)22-7-10)27(25,26)11-4-2-1-3-5-11/h1-9H,(H2,20,21,23). The summed E-state index contributed by atoms with van der Waals surface area (Å²) in [7, 11) is -3.93. The van der Waals surface area contributed by atoms with Crippen molar-refractivity contribution < 1.29 is 12.8 Å². The minimum atomic E-state index is -3.93. The average Bonchev–Trinajstić information content (AvgIpc) is 3.04. The van der Waals surface area contributed by atoms with Crippen LogP contribution in [0.4, 0.5) is 10.2 Å². The number of pyridine rings is 1. The van der Waals surface area contributed by atoms with E-state index in [4.69, 9.17) is 17.3 Å². The second-order valence-corrected chi connectivity index (χ2v) is 7.86. The third-order valence-electron chi connectivity index (χ3n) is 3.89. The number of anilines is 1. The second kappa shape index (κ2) is 6.29. The lowest BCUT2D eigenvalue weighted by Gasteiger charge is -2.06. The predicted molar refractivity (Wildman–Crippen MR) is 99.2 cm³/mol. The Labute approximate surface area is 158 Å². The van der Waals surface area contributed by atoms with E-state index in [1.54, 1.807) is 24.3 Å². The average molecular weight is 404 g/mol. The highest BCUT2D eigenvalue weighted by Crippen LogP contribution is 2.32. The molecule has 27 heavy (non-hydrogen) atoms. The number of aromatic nitrogens is 4. The van der Waals surface area contributed by atoms with Gasteiger partial charge < -0.3 is 5.73 Å². The molecule has 3 aromatic heterocycles. The smallest absolute Gasteiger partial charge is 0.269 e. The molecule has 0 radical (unpaired) electrons. The lowest BCUT2D eigenvalue weighted by atomic mass is 10.2. The van der Waals surface area contributed by atoms with Crippen LogP contribution < -0.4 is 5.73 Å². The predicted octanol–water partition coefficient (Wildman–Crippen LogP) is 3.11. The van der Waals surface area contributed by atoms with Crippen LogP contribution in [0.3, 0.4) is 0 Å². The minimum absolute atomic E-state index is 0.0602. The Hall–Kier alpha value is -3.04. The van der Waals surface area contributed by atoms with E-state index < -0.39 is 15.8 Å². The third-order valence-corrected chi connectivity index (χ3v) is 5.76. The van der Waals surface area contributed by atoms with Crippen LogP contribution in [-0.4, -0.2) is 27.3 Å². The van der Waals surface area contributed by atoms with E-state index in [0.29, 0.717) is 16.0 Å². The molecule has 1 aromatic carbocycles. The van der Waals surface area contributed by atoms with Crippen LogP contribution in [0.25, 0.3) is 22.4 Å². The number of hydrogen-bond acceptors (Lipinski definition) is 6. The van der Waals surface area contributed by atoms with Crippen molar-refractivity contribution >= 4 is 38.5 Å². The van der Waals surface area contributed by atoms with E-state index in [-0.39, 0.29) is 22.2 Å². The summed E-state index contributed by atoms with van der Waals surface area (Å²) >= 11 is 6.03. The molecular formula is C17H11ClFN5O2S. The number of hydrogen-bond donors (Lipinski definition) is 1. The molecule has 0 unspecified atom stereocenters. The number of halogens is 2. The summed E-state index contributed by atoms with van der Waals surface area (Å²) in [6.07, 6.45) is 3.58. The maximum absolute atomic E-state index is 13.4. The SMILES string of the molecule is Nc1nc(-c2cn(S(=O)(=O)c3ccccc3)c3ncc(Cl)cc23)ncc1F. The van der Waals surface area contributed by atoms with Crippen molar-refractivity contribution in [2.24, 2.45) is 0 Å². The van der Waals surface area contributed by atoms with Crippen LogP contribution in [-0.2, 0) is 10.0 Å². The van der Waals surface area contributed by atoms with Crippen LogP contribution in [0.1, 0.15) is 0 Å². The van der Waals surface area contributed by atoms with E-state index in [1.165, 1.54) is 24.5 Å². The number of nitrogens with two attached hydrogens (primary N) is 1. The first-order valence-corrected chi connectivity index (χ1v) is 9.45. The molecule has 4 aromatic rings. The summed E-state index contributed by atoms with van der Waals surface area (Å²) in [6.45, 7) is 0. The monoisotopic (exact) mass is 403 g/mol. The van der Waals surface area contributed by atoms with E-state index in [0.717, 1.165) is 10.2 Å². The molecule has 0 bridgehead atoms. The maximum Gasteiger partial charge on any atom is 0.269 e. The molecule has 2 N–H and O–H groups in total. The largest absolute Gasteiger partial charge is 0.381 e. The fraction of sp³-hybridized carbons (Fsp3) is 0. The van der Waals surface area contributed by atoms with Gasteiger partial charge in [0.05, 0.1) is 16.1 Å². The molecule has 7 nitrogen and oxygen atoms in total. The lowest BCUT2D eigenvalue weighted by molar-refractivity contribution is 0.588. The van der Waals surface area contributed by atoms with Gasteiger partial charge in [0.15, 0.2) is 23.1 Å². The highest BCUT2D eigenvalue weighted by molar-refractivity contribution is 7.90. The Balaban J connectivity index is 2.02. The van der Waals surface area contributed by atoms with Crippen molar-refractivity contribution in [1.82, 2.24) is 18.9 Å². The number of nitrogens with zero attached hydrogens (tertiary/aromatic N) is 4. The van der Waals surface area contributed by atoms with E-state index in [2.05, 4.69) is 15.0 Å². The fourth-order valence-corrected chi connectivity index (χ4v) is 4.13. The summed E-state index contributed by atoms with van der Waals surface area (Å²) in [6, 6.07) is 9.44. The van der Waals surface area contributed by atoms with Crippen LogP contribution in [0.2, 0.25) is 5.02 Å². The van der Waals surface area contributed by atoms with Crippen LogP contribution in [0, 0.1) is 5.82 Å². The first kappa shape index (κ1) is 17.4. The molecule has 0 fully saturated rings. The normalized spacial score (nSPS) is 11.8. The molecule has 0 aliphatic heterocycles. The van der Waals surface area contributed by atoms with Crippen molar-refractivity contribution in [3.05, 3.63) is 65.8 Å². The summed E-state index contributed by atoms with van der Waals surface area (Å²) in [4.78, 5) is 12.1. The van der Waals surface area contributed by atoms with Gasteiger partial charge >= 0.3 is 0 Å². The van der Waals surface area contributed by atoms with Crippen molar-refractivity contribution in [3.63, 3.8) is 0 Å². The number of rotatable bonds is 3. The number of benzene rings is 1. The van der Waals surface area contributed by atoms with Crippen molar-refractivity contribution in [3.8, 4) is 11.4 Å². The van der Waals surface area contributed by atoms with Gasteiger partial charge in [-0.2, -0.15) is 0 Å². The fourth-order valence-electron chi connectivity index (χ4n) is 2.63. The minimum Gasteiger partial charge on any atom is -0.381 e. The number of nitrogen functional groups attached to an aromatic ring is 1. The Morgan fingerprint density at radius 3 is 2.56 bits per heavy atom. The first-order valence-electron chi connectivity index (χ1n) is 7.63. The van der Waals surface area contributed by atoms with Gasteiger partial charge in [0, 0.05) is 23.3 Å². The van der Waals surface area contributed by atoms with Gasteiger partial charge in [-0.05, 0) is 18.2 Å². The van der Waals surface area contributed by atoms with Gasteiger partial charge in [-0.3, -0.25) is 0 Å². The zero-order valence-electron chi connectivity index (χ0n) is 13.5. The Kier molecular flexibility index (Phi) is 4.05. The van der Waals surface area contributed by atoms with Crippen molar-refractivity contribution in [2.75, 3.05) is 5.73 Å². The van der Waals surface area contributed by atoms with Gasteiger partial charge in [-0.25, -0.2) is 31.7 Å². The van der Waals surface area contributed by atoms with Gasteiger partial charge in [0.2, 0.25) is 0 Å². The molecule has 3 heterocycles. The Bertz CT molecular complexity index is 1280. The second-order valence-electron chi connectivity index (χ2n) is 5.61.